The highest BCUT2D eigenvalue weighted by Crippen LogP contribution is 2.27. The summed E-state index contributed by atoms with van der Waals surface area (Å²) in [6.45, 7) is 3.98. The Hall–Kier alpha value is -1.13. The van der Waals surface area contributed by atoms with Crippen LogP contribution in [-0.4, -0.2) is 19.2 Å². The molecule has 0 atom stereocenters. The molecule has 1 N–H and O–H groups in total. The van der Waals surface area contributed by atoms with Gasteiger partial charge in [-0.05, 0) is 24.6 Å². The molecule has 0 radical (unpaired) electrons. The number of nitrogens with one attached hydrogen (secondary N) is 1. The summed E-state index contributed by atoms with van der Waals surface area (Å²) in [5.74, 6) is 0.139. The van der Waals surface area contributed by atoms with E-state index in [2.05, 4.69) is 23.9 Å². The van der Waals surface area contributed by atoms with Crippen LogP contribution in [-0.2, 0) is 0 Å². The molecule has 0 aromatic heterocycles. The Bertz CT molecular complexity index is 461. The summed E-state index contributed by atoms with van der Waals surface area (Å²) in [7, 11) is 0. The third-order valence-electron chi connectivity index (χ3n) is 2.74. The van der Waals surface area contributed by atoms with Crippen LogP contribution in [0, 0.1) is 0 Å². The highest BCUT2D eigenvalue weighted by Gasteiger charge is 2.09. The van der Waals surface area contributed by atoms with Gasteiger partial charge in [-0.2, -0.15) is 8.78 Å². The lowest BCUT2D eigenvalue weighted by molar-refractivity contribution is -0.0499. The third kappa shape index (κ3) is 5.88. The first kappa shape index (κ1) is 16.9. The van der Waals surface area contributed by atoms with E-state index in [1.54, 1.807) is 6.07 Å². The van der Waals surface area contributed by atoms with Crippen molar-refractivity contribution in [3.63, 3.8) is 0 Å². The molecular weight excluding hydrogens is 284 g/mol. The van der Waals surface area contributed by atoms with Gasteiger partial charge in [-0.25, -0.2) is 0 Å². The summed E-state index contributed by atoms with van der Waals surface area (Å²) in [6.07, 6.45) is 2.67. The minimum Gasteiger partial charge on any atom is -0.434 e. The Morgan fingerprint density at radius 3 is 2.65 bits per heavy atom. The molecule has 0 heterocycles. The number of benzene rings is 1. The second-order valence-electron chi connectivity index (χ2n) is 4.75. The van der Waals surface area contributed by atoms with Crippen LogP contribution >= 0.6 is 11.6 Å². The van der Waals surface area contributed by atoms with Crippen LogP contribution < -0.4 is 10.1 Å². The largest absolute Gasteiger partial charge is 0.434 e. The number of ether oxygens (including phenoxy) is 1. The smallest absolute Gasteiger partial charge is 0.387 e. The average molecular weight is 304 g/mol. The first-order valence-corrected chi connectivity index (χ1v) is 6.97. The zero-order chi connectivity index (χ0) is 15.1. The van der Waals surface area contributed by atoms with Gasteiger partial charge in [-0.3, -0.25) is 0 Å². The number of rotatable bonds is 7. The van der Waals surface area contributed by atoms with E-state index >= 15 is 0 Å². The molecule has 0 saturated heterocycles. The molecule has 0 spiro atoms. The van der Waals surface area contributed by atoms with Crippen LogP contribution in [0.1, 0.15) is 32.8 Å². The van der Waals surface area contributed by atoms with Crippen molar-refractivity contribution >= 4 is 17.7 Å². The van der Waals surface area contributed by atoms with Gasteiger partial charge < -0.3 is 10.1 Å². The first-order chi connectivity index (χ1) is 9.42. The Morgan fingerprint density at radius 2 is 2.10 bits per heavy atom. The van der Waals surface area contributed by atoms with Crippen molar-refractivity contribution in [2.75, 3.05) is 6.54 Å². The number of hydrogen-bond donors (Lipinski definition) is 1. The van der Waals surface area contributed by atoms with Gasteiger partial charge in [0.2, 0.25) is 0 Å². The van der Waals surface area contributed by atoms with Crippen molar-refractivity contribution in [2.45, 2.75) is 39.8 Å². The maximum atomic E-state index is 12.4. The van der Waals surface area contributed by atoms with E-state index in [1.165, 1.54) is 12.1 Å². The minimum atomic E-state index is -2.85. The van der Waals surface area contributed by atoms with Crippen molar-refractivity contribution in [3.8, 4) is 5.75 Å². The monoisotopic (exact) mass is 303 g/mol. The molecule has 20 heavy (non-hydrogen) atoms. The van der Waals surface area contributed by atoms with Gasteiger partial charge in [-0.1, -0.05) is 44.0 Å². The van der Waals surface area contributed by atoms with Gasteiger partial charge in [0.15, 0.2) is 0 Å². The molecule has 0 aliphatic rings. The average Bonchev–Trinajstić information content (AvgIpc) is 2.36. The van der Waals surface area contributed by atoms with E-state index < -0.39 is 6.61 Å². The zero-order valence-corrected chi connectivity index (χ0v) is 12.7. The topological polar surface area (TPSA) is 21.3 Å². The van der Waals surface area contributed by atoms with Crippen LogP contribution in [0.3, 0.4) is 0 Å². The lowest BCUT2D eigenvalue weighted by Gasteiger charge is -2.12. The zero-order valence-electron chi connectivity index (χ0n) is 11.9. The normalized spacial score (nSPS) is 12.3. The second kappa shape index (κ2) is 8.22. The fourth-order valence-electron chi connectivity index (χ4n) is 1.67. The highest BCUT2D eigenvalue weighted by molar-refractivity contribution is 6.30. The molecule has 0 saturated carbocycles. The van der Waals surface area contributed by atoms with E-state index in [1.807, 2.05) is 13.0 Å². The van der Waals surface area contributed by atoms with E-state index in [0.29, 0.717) is 23.2 Å². The summed E-state index contributed by atoms with van der Waals surface area (Å²) in [5.41, 5.74) is 1.67. The molecule has 0 amide bonds. The fourth-order valence-corrected chi connectivity index (χ4v) is 1.85. The van der Waals surface area contributed by atoms with E-state index in [-0.39, 0.29) is 5.75 Å². The molecule has 1 rings (SSSR count). The molecule has 0 bridgehead atoms. The predicted molar refractivity (Wildman–Crippen MR) is 79.5 cm³/mol. The van der Waals surface area contributed by atoms with Crippen LogP contribution in [0.5, 0.6) is 5.75 Å². The summed E-state index contributed by atoms with van der Waals surface area (Å²) in [5, 5.41) is 3.79. The maximum absolute atomic E-state index is 12.4. The van der Waals surface area contributed by atoms with Crippen molar-refractivity contribution in [3.05, 3.63) is 34.4 Å². The molecular formula is C15H20ClF2NO. The number of alkyl halides is 2. The van der Waals surface area contributed by atoms with Gasteiger partial charge >= 0.3 is 6.61 Å². The molecule has 0 aliphatic heterocycles. The maximum Gasteiger partial charge on any atom is 0.387 e. The second-order valence-corrected chi connectivity index (χ2v) is 5.19. The predicted octanol–water partition coefficient (Wildman–Crippen LogP) is 4.73. The van der Waals surface area contributed by atoms with Gasteiger partial charge in [0.05, 0.1) is 0 Å². The van der Waals surface area contributed by atoms with Crippen LogP contribution in [0.15, 0.2) is 23.8 Å². The summed E-state index contributed by atoms with van der Waals surface area (Å²) in [6, 6.07) is 4.99. The molecule has 112 valence electrons. The molecule has 1 aromatic carbocycles. The Labute approximate surface area is 123 Å². The van der Waals surface area contributed by atoms with Gasteiger partial charge in [0.25, 0.3) is 0 Å². The SMILES string of the molecule is CCC(=Cc1cc(Cl)ccc1OC(F)F)CNC(C)C. The van der Waals surface area contributed by atoms with E-state index in [9.17, 15) is 8.78 Å². The van der Waals surface area contributed by atoms with E-state index in [4.69, 9.17) is 11.6 Å². The molecule has 2 nitrogen and oxygen atoms in total. The Balaban J connectivity index is 2.99. The Kier molecular flexibility index (Phi) is 6.96. The quantitative estimate of drug-likeness (QED) is 0.786. The molecule has 0 unspecified atom stereocenters. The summed E-state index contributed by atoms with van der Waals surface area (Å²) < 4.78 is 29.3. The van der Waals surface area contributed by atoms with Crippen molar-refractivity contribution in [2.24, 2.45) is 0 Å². The Morgan fingerprint density at radius 1 is 1.40 bits per heavy atom. The molecule has 0 aliphatic carbocycles. The van der Waals surface area contributed by atoms with Crippen molar-refractivity contribution in [1.29, 1.82) is 0 Å². The lowest BCUT2D eigenvalue weighted by Crippen LogP contribution is -2.24. The molecule has 5 heteroatoms. The van der Waals surface area contributed by atoms with Crippen LogP contribution in [0.2, 0.25) is 5.02 Å². The van der Waals surface area contributed by atoms with Crippen molar-refractivity contribution < 1.29 is 13.5 Å². The summed E-state index contributed by atoms with van der Waals surface area (Å²) >= 11 is 5.92. The molecule has 0 fully saturated rings. The van der Waals surface area contributed by atoms with E-state index in [0.717, 1.165) is 12.0 Å². The molecule has 1 aromatic rings. The lowest BCUT2D eigenvalue weighted by atomic mass is 10.1. The number of hydrogen-bond acceptors (Lipinski definition) is 2. The summed E-state index contributed by atoms with van der Waals surface area (Å²) in [4.78, 5) is 0. The highest BCUT2D eigenvalue weighted by atomic mass is 35.5. The minimum absolute atomic E-state index is 0.139. The van der Waals surface area contributed by atoms with Crippen LogP contribution in [0.4, 0.5) is 8.78 Å². The fraction of sp³-hybridized carbons (Fsp3) is 0.467. The van der Waals surface area contributed by atoms with Crippen LogP contribution in [0.25, 0.3) is 6.08 Å². The van der Waals surface area contributed by atoms with Gasteiger partial charge in [-0.15, -0.1) is 0 Å². The number of halogens is 3. The standard InChI is InChI=1S/C15H20ClF2NO/c1-4-11(9-19-10(2)3)7-12-8-13(16)5-6-14(12)20-15(17)18/h5-8,10,15,19H,4,9H2,1-3H3. The van der Waals surface area contributed by atoms with Gasteiger partial charge in [0, 0.05) is 23.2 Å². The third-order valence-corrected chi connectivity index (χ3v) is 2.97. The first-order valence-electron chi connectivity index (χ1n) is 6.59. The van der Waals surface area contributed by atoms with Gasteiger partial charge in [0.1, 0.15) is 5.75 Å². The van der Waals surface area contributed by atoms with Crippen molar-refractivity contribution in [1.82, 2.24) is 5.32 Å².